The Balaban J connectivity index is 2.21. The zero-order valence-electron chi connectivity index (χ0n) is 11.0. The molecule has 0 amide bonds. The number of hydrogen-bond acceptors (Lipinski definition) is 2. The number of alkyl halides is 3. The van der Waals surface area contributed by atoms with E-state index in [4.69, 9.17) is 0 Å². The van der Waals surface area contributed by atoms with E-state index in [0.717, 1.165) is 21.3 Å². The molecule has 0 saturated heterocycles. The van der Waals surface area contributed by atoms with Gasteiger partial charge < -0.3 is 0 Å². The highest BCUT2D eigenvalue weighted by Crippen LogP contribution is 2.30. The van der Waals surface area contributed by atoms with Crippen molar-refractivity contribution < 1.29 is 21.6 Å². The van der Waals surface area contributed by atoms with Crippen LogP contribution in [0.15, 0.2) is 53.4 Å². The van der Waals surface area contributed by atoms with Crippen LogP contribution in [0.25, 0.3) is 12.2 Å². The molecule has 0 bridgehead atoms. The van der Waals surface area contributed by atoms with E-state index in [1.54, 1.807) is 12.2 Å². The quantitative estimate of drug-likeness (QED) is 0.512. The van der Waals surface area contributed by atoms with Gasteiger partial charge in [0.05, 0.1) is 4.90 Å². The van der Waals surface area contributed by atoms with Crippen LogP contribution < -0.4 is 0 Å². The smallest absolute Gasteiger partial charge is 0.214 e. The van der Waals surface area contributed by atoms with Crippen molar-refractivity contribution in [2.75, 3.05) is 0 Å². The van der Waals surface area contributed by atoms with Crippen LogP contribution in [-0.4, -0.2) is 13.9 Å². The molecule has 0 heterocycles. The molecule has 7 heteroatoms. The molecule has 116 valence electrons. The van der Waals surface area contributed by atoms with Gasteiger partial charge in [-0.3, -0.25) is 0 Å². The lowest BCUT2D eigenvalue weighted by atomic mass is 10.1. The number of hydrogen-bond donors (Lipinski definition) is 0. The Hall–Kier alpha value is -1.35. The van der Waals surface area contributed by atoms with E-state index in [9.17, 15) is 21.6 Å². The molecule has 2 aromatic rings. The fourth-order valence-electron chi connectivity index (χ4n) is 1.66. The predicted molar refractivity (Wildman–Crippen MR) is 87.8 cm³/mol. The molecule has 0 aliphatic carbocycles. The lowest BCUT2D eigenvalue weighted by Crippen LogP contribution is -2.23. The summed E-state index contributed by atoms with van der Waals surface area (Å²) in [5.74, 6) is 0. The molecule has 0 aromatic heterocycles. The highest BCUT2D eigenvalue weighted by atomic mass is 127. The molecule has 0 aliphatic rings. The minimum absolute atomic E-state index is 0.611. The first kappa shape index (κ1) is 17.0. The Bertz CT molecular complexity index is 777. The fraction of sp³-hybridized carbons (Fsp3) is 0.0667. The van der Waals surface area contributed by atoms with Crippen LogP contribution in [0.3, 0.4) is 0 Å². The van der Waals surface area contributed by atoms with Gasteiger partial charge in [-0.05, 0) is 58.0 Å². The van der Waals surface area contributed by atoms with Gasteiger partial charge in [0.2, 0.25) is 0 Å². The van der Waals surface area contributed by atoms with Crippen LogP contribution in [0.2, 0.25) is 0 Å². The molecule has 2 aromatic carbocycles. The van der Waals surface area contributed by atoms with Crippen LogP contribution in [0.1, 0.15) is 11.1 Å². The summed E-state index contributed by atoms with van der Waals surface area (Å²) in [4.78, 5) is -0.758. The van der Waals surface area contributed by atoms with Crippen LogP contribution in [-0.2, 0) is 9.84 Å². The van der Waals surface area contributed by atoms with Crippen molar-refractivity contribution in [3.8, 4) is 0 Å². The second-order valence-corrected chi connectivity index (χ2v) is 7.59. The highest BCUT2D eigenvalue weighted by molar-refractivity contribution is 14.1. The molecular weight excluding hydrogens is 428 g/mol. The van der Waals surface area contributed by atoms with Crippen molar-refractivity contribution in [2.45, 2.75) is 10.4 Å². The van der Waals surface area contributed by atoms with Crippen molar-refractivity contribution >= 4 is 44.6 Å². The molecule has 0 saturated carbocycles. The fourth-order valence-corrected chi connectivity index (χ4v) is 2.78. The number of benzene rings is 2. The van der Waals surface area contributed by atoms with E-state index >= 15 is 0 Å². The van der Waals surface area contributed by atoms with Gasteiger partial charge >= 0.3 is 5.51 Å². The Labute approximate surface area is 139 Å². The van der Waals surface area contributed by atoms with Crippen LogP contribution >= 0.6 is 22.6 Å². The first-order valence-corrected chi connectivity index (χ1v) is 8.61. The molecule has 2 nitrogen and oxygen atoms in total. The molecule has 0 radical (unpaired) electrons. The molecule has 0 atom stereocenters. The maximum absolute atomic E-state index is 12.4. The van der Waals surface area contributed by atoms with Crippen molar-refractivity contribution in [3.05, 3.63) is 63.2 Å². The standard InChI is InChI=1S/C15H10F3IO2S/c16-15(17,18)22(20,21)14-9-5-12(6-10-14)2-1-11-3-7-13(19)8-4-11/h1-10H. The Morgan fingerprint density at radius 1 is 0.818 bits per heavy atom. The van der Waals surface area contributed by atoms with E-state index in [-0.39, 0.29) is 0 Å². The van der Waals surface area contributed by atoms with Crippen molar-refractivity contribution in [1.82, 2.24) is 0 Å². The third-order valence-corrected chi connectivity index (χ3v) is 5.05. The highest BCUT2D eigenvalue weighted by Gasteiger charge is 2.46. The first-order valence-electron chi connectivity index (χ1n) is 6.05. The van der Waals surface area contributed by atoms with Gasteiger partial charge in [0, 0.05) is 3.57 Å². The molecule has 0 fully saturated rings. The molecular formula is C15H10F3IO2S. The van der Waals surface area contributed by atoms with Gasteiger partial charge in [-0.25, -0.2) is 8.42 Å². The second kappa shape index (κ2) is 6.41. The summed E-state index contributed by atoms with van der Waals surface area (Å²) in [7, 11) is -5.29. The average molecular weight is 438 g/mol. The first-order chi connectivity index (χ1) is 10.2. The zero-order chi connectivity index (χ0) is 16.4. The largest absolute Gasteiger partial charge is 0.501 e. The summed E-state index contributed by atoms with van der Waals surface area (Å²) in [6.45, 7) is 0. The van der Waals surface area contributed by atoms with E-state index in [0.29, 0.717) is 5.56 Å². The number of sulfone groups is 1. The van der Waals surface area contributed by atoms with E-state index in [2.05, 4.69) is 22.6 Å². The maximum atomic E-state index is 12.4. The molecule has 0 aliphatic heterocycles. The Morgan fingerprint density at radius 3 is 1.64 bits per heavy atom. The lowest BCUT2D eigenvalue weighted by Gasteiger charge is -2.07. The minimum Gasteiger partial charge on any atom is -0.214 e. The summed E-state index contributed by atoms with van der Waals surface area (Å²) in [5, 5.41) is 0. The van der Waals surface area contributed by atoms with Gasteiger partial charge in [-0.1, -0.05) is 36.4 Å². The molecule has 22 heavy (non-hydrogen) atoms. The second-order valence-electron chi connectivity index (χ2n) is 4.40. The number of halogens is 4. The summed E-state index contributed by atoms with van der Waals surface area (Å²) in [6.07, 6.45) is 3.50. The average Bonchev–Trinajstić information content (AvgIpc) is 2.46. The van der Waals surface area contributed by atoms with Crippen molar-refractivity contribution in [3.63, 3.8) is 0 Å². The maximum Gasteiger partial charge on any atom is 0.501 e. The number of rotatable bonds is 3. The SMILES string of the molecule is O=S(=O)(c1ccc(C=Cc2ccc(I)cc2)cc1)C(F)(F)F. The van der Waals surface area contributed by atoms with Gasteiger partial charge in [0.25, 0.3) is 9.84 Å². The van der Waals surface area contributed by atoms with E-state index < -0.39 is 20.2 Å². The lowest BCUT2D eigenvalue weighted by molar-refractivity contribution is -0.0436. The topological polar surface area (TPSA) is 34.1 Å². The summed E-state index contributed by atoms with van der Waals surface area (Å²) in [5.41, 5.74) is -3.74. The molecule has 0 spiro atoms. The van der Waals surface area contributed by atoms with E-state index in [1.165, 1.54) is 12.1 Å². The summed E-state index contributed by atoms with van der Waals surface area (Å²) in [6, 6.07) is 12.2. The third kappa shape index (κ3) is 3.89. The van der Waals surface area contributed by atoms with Gasteiger partial charge in [0.15, 0.2) is 0 Å². The zero-order valence-corrected chi connectivity index (χ0v) is 14.0. The van der Waals surface area contributed by atoms with Crippen molar-refractivity contribution in [2.24, 2.45) is 0 Å². The van der Waals surface area contributed by atoms with Gasteiger partial charge in [-0.15, -0.1) is 0 Å². The monoisotopic (exact) mass is 438 g/mol. The normalized spacial score (nSPS) is 12.7. The molecule has 0 unspecified atom stereocenters. The van der Waals surface area contributed by atoms with Gasteiger partial charge in [0.1, 0.15) is 0 Å². The predicted octanol–water partition coefficient (Wildman–Crippen LogP) is 4.76. The summed E-state index contributed by atoms with van der Waals surface area (Å²) < 4.78 is 60.8. The van der Waals surface area contributed by atoms with Crippen LogP contribution in [0, 0.1) is 3.57 Å². The molecule has 2 rings (SSSR count). The minimum atomic E-state index is -5.29. The Morgan fingerprint density at radius 2 is 1.23 bits per heavy atom. The van der Waals surface area contributed by atoms with Crippen LogP contribution in [0.4, 0.5) is 13.2 Å². The van der Waals surface area contributed by atoms with Crippen LogP contribution in [0.5, 0.6) is 0 Å². The third-order valence-electron chi connectivity index (χ3n) is 2.83. The Kier molecular flexibility index (Phi) is 4.96. The molecule has 0 N–H and O–H groups in total. The van der Waals surface area contributed by atoms with E-state index in [1.807, 2.05) is 24.3 Å². The summed E-state index contributed by atoms with van der Waals surface area (Å²) >= 11 is 2.18. The van der Waals surface area contributed by atoms with Crippen molar-refractivity contribution in [1.29, 1.82) is 0 Å². The van der Waals surface area contributed by atoms with Gasteiger partial charge in [-0.2, -0.15) is 13.2 Å².